The minimum absolute atomic E-state index is 0.824. The maximum absolute atomic E-state index is 4.20. The SMILES string of the molecule is CCCNCC(Cc1cncs1)C1CCCC1. The molecule has 0 amide bonds. The summed E-state index contributed by atoms with van der Waals surface area (Å²) in [5.74, 6) is 1.77. The average Bonchev–Trinajstić information content (AvgIpc) is 3.01. The highest BCUT2D eigenvalue weighted by molar-refractivity contribution is 7.09. The van der Waals surface area contributed by atoms with Crippen LogP contribution in [-0.2, 0) is 6.42 Å². The highest BCUT2D eigenvalue weighted by Crippen LogP contribution is 2.33. The first-order valence-corrected chi connectivity index (χ1v) is 7.86. The lowest BCUT2D eigenvalue weighted by Gasteiger charge is -2.23. The minimum Gasteiger partial charge on any atom is -0.316 e. The molecule has 0 saturated heterocycles. The summed E-state index contributed by atoms with van der Waals surface area (Å²) in [7, 11) is 0. The van der Waals surface area contributed by atoms with Crippen LogP contribution in [0.5, 0.6) is 0 Å². The van der Waals surface area contributed by atoms with Gasteiger partial charge in [-0.2, -0.15) is 0 Å². The molecule has 1 aliphatic carbocycles. The molecule has 1 heterocycles. The molecule has 1 fully saturated rings. The lowest BCUT2D eigenvalue weighted by molar-refractivity contribution is 0.323. The largest absolute Gasteiger partial charge is 0.316 e. The number of aromatic nitrogens is 1. The van der Waals surface area contributed by atoms with Crippen molar-refractivity contribution in [1.82, 2.24) is 10.3 Å². The van der Waals surface area contributed by atoms with Crippen molar-refractivity contribution in [3.05, 3.63) is 16.6 Å². The van der Waals surface area contributed by atoms with Crippen molar-refractivity contribution >= 4 is 11.3 Å². The Morgan fingerprint density at radius 1 is 1.47 bits per heavy atom. The van der Waals surface area contributed by atoms with Gasteiger partial charge in [0.1, 0.15) is 0 Å². The second-order valence-corrected chi connectivity index (χ2v) is 6.15. The van der Waals surface area contributed by atoms with Crippen molar-refractivity contribution in [2.45, 2.75) is 45.4 Å². The van der Waals surface area contributed by atoms with Gasteiger partial charge in [-0.05, 0) is 37.8 Å². The summed E-state index contributed by atoms with van der Waals surface area (Å²) in [6.07, 6.45) is 10.3. The fraction of sp³-hybridized carbons (Fsp3) is 0.786. The Bertz CT molecular complexity index is 291. The van der Waals surface area contributed by atoms with E-state index in [4.69, 9.17) is 0 Å². The average molecular weight is 252 g/mol. The third-order valence-electron chi connectivity index (χ3n) is 3.85. The van der Waals surface area contributed by atoms with Crippen molar-refractivity contribution in [3.8, 4) is 0 Å². The van der Waals surface area contributed by atoms with Crippen LogP contribution >= 0.6 is 11.3 Å². The van der Waals surface area contributed by atoms with Gasteiger partial charge in [0.25, 0.3) is 0 Å². The molecule has 0 aliphatic heterocycles. The van der Waals surface area contributed by atoms with Crippen molar-refractivity contribution < 1.29 is 0 Å². The third kappa shape index (κ3) is 4.07. The maximum atomic E-state index is 4.20. The van der Waals surface area contributed by atoms with Crippen LogP contribution in [0.4, 0.5) is 0 Å². The topological polar surface area (TPSA) is 24.9 Å². The van der Waals surface area contributed by atoms with E-state index in [-0.39, 0.29) is 0 Å². The van der Waals surface area contributed by atoms with E-state index in [9.17, 15) is 0 Å². The molecule has 1 N–H and O–H groups in total. The fourth-order valence-electron chi connectivity index (χ4n) is 2.90. The first-order chi connectivity index (χ1) is 8.40. The highest BCUT2D eigenvalue weighted by Gasteiger charge is 2.25. The number of nitrogens with zero attached hydrogens (tertiary/aromatic N) is 1. The molecule has 0 aromatic carbocycles. The fourth-order valence-corrected chi connectivity index (χ4v) is 3.59. The molecule has 2 rings (SSSR count). The standard InChI is InChI=1S/C14H24N2S/c1-2-7-15-9-13(12-5-3-4-6-12)8-14-10-16-11-17-14/h10-13,15H,2-9H2,1H3. The van der Waals surface area contributed by atoms with Crippen LogP contribution in [0.15, 0.2) is 11.7 Å². The second-order valence-electron chi connectivity index (χ2n) is 5.18. The van der Waals surface area contributed by atoms with Gasteiger partial charge >= 0.3 is 0 Å². The van der Waals surface area contributed by atoms with Crippen LogP contribution in [0.25, 0.3) is 0 Å². The molecular weight excluding hydrogens is 228 g/mol. The molecule has 17 heavy (non-hydrogen) atoms. The molecule has 1 aromatic heterocycles. The first-order valence-electron chi connectivity index (χ1n) is 6.98. The van der Waals surface area contributed by atoms with Gasteiger partial charge in [-0.15, -0.1) is 11.3 Å². The van der Waals surface area contributed by atoms with Gasteiger partial charge in [0, 0.05) is 11.1 Å². The Morgan fingerprint density at radius 2 is 2.29 bits per heavy atom. The van der Waals surface area contributed by atoms with E-state index in [1.54, 1.807) is 0 Å². The number of nitrogens with one attached hydrogen (secondary N) is 1. The Kier molecular flexibility index (Phi) is 5.46. The molecule has 1 atom stereocenters. The molecule has 0 radical (unpaired) electrons. The monoisotopic (exact) mass is 252 g/mol. The van der Waals surface area contributed by atoms with E-state index in [0.717, 1.165) is 18.4 Å². The molecule has 0 bridgehead atoms. The third-order valence-corrected chi connectivity index (χ3v) is 4.65. The van der Waals surface area contributed by atoms with Gasteiger partial charge in [-0.1, -0.05) is 32.6 Å². The number of rotatable bonds is 7. The first kappa shape index (κ1) is 13.0. The van der Waals surface area contributed by atoms with Gasteiger partial charge in [0.05, 0.1) is 5.51 Å². The van der Waals surface area contributed by atoms with Crippen LogP contribution in [0.3, 0.4) is 0 Å². The van der Waals surface area contributed by atoms with E-state index >= 15 is 0 Å². The molecule has 1 aromatic rings. The van der Waals surface area contributed by atoms with Gasteiger partial charge < -0.3 is 5.32 Å². The zero-order valence-corrected chi connectivity index (χ0v) is 11.6. The molecular formula is C14H24N2S. The van der Waals surface area contributed by atoms with E-state index in [1.807, 2.05) is 23.0 Å². The van der Waals surface area contributed by atoms with Crippen LogP contribution in [-0.4, -0.2) is 18.1 Å². The van der Waals surface area contributed by atoms with Crippen LogP contribution in [0.1, 0.15) is 43.9 Å². The van der Waals surface area contributed by atoms with Gasteiger partial charge in [0.15, 0.2) is 0 Å². The van der Waals surface area contributed by atoms with E-state index in [0.29, 0.717) is 0 Å². The molecule has 3 heteroatoms. The Hall–Kier alpha value is -0.410. The lowest BCUT2D eigenvalue weighted by Crippen LogP contribution is -2.29. The van der Waals surface area contributed by atoms with Crippen molar-refractivity contribution in [2.24, 2.45) is 11.8 Å². The Labute approximate surface area is 109 Å². The predicted molar refractivity (Wildman–Crippen MR) is 74.4 cm³/mol. The number of hydrogen-bond acceptors (Lipinski definition) is 3. The Balaban J connectivity index is 1.86. The smallest absolute Gasteiger partial charge is 0.0794 e. The molecule has 0 spiro atoms. The van der Waals surface area contributed by atoms with Gasteiger partial charge in [-0.3, -0.25) is 4.98 Å². The van der Waals surface area contributed by atoms with E-state index in [1.165, 1.54) is 49.9 Å². The van der Waals surface area contributed by atoms with Crippen LogP contribution in [0.2, 0.25) is 0 Å². The second kappa shape index (κ2) is 7.12. The highest BCUT2D eigenvalue weighted by atomic mass is 32.1. The van der Waals surface area contributed by atoms with E-state index < -0.39 is 0 Å². The summed E-state index contributed by atoms with van der Waals surface area (Å²) in [6.45, 7) is 4.59. The molecule has 1 unspecified atom stereocenters. The zero-order valence-electron chi connectivity index (χ0n) is 10.8. The number of thiazole rings is 1. The van der Waals surface area contributed by atoms with Crippen molar-refractivity contribution in [1.29, 1.82) is 0 Å². The van der Waals surface area contributed by atoms with E-state index in [2.05, 4.69) is 17.2 Å². The normalized spacial score (nSPS) is 18.6. The van der Waals surface area contributed by atoms with Crippen LogP contribution < -0.4 is 5.32 Å². The quantitative estimate of drug-likeness (QED) is 0.751. The molecule has 2 nitrogen and oxygen atoms in total. The summed E-state index contributed by atoms with van der Waals surface area (Å²) < 4.78 is 0. The Morgan fingerprint density at radius 3 is 2.94 bits per heavy atom. The molecule has 1 saturated carbocycles. The van der Waals surface area contributed by atoms with Gasteiger partial charge in [0.2, 0.25) is 0 Å². The maximum Gasteiger partial charge on any atom is 0.0794 e. The summed E-state index contributed by atoms with van der Waals surface area (Å²) in [5.41, 5.74) is 1.96. The minimum atomic E-state index is 0.824. The molecule has 1 aliphatic rings. The van der Waals surface area contributed by atoms with Crippen LogP contribution in [0, 0.1) is 11.8 Å². The zero-order chi connectivity index (χ0) is 11.9. The number of hydrogen-bond donors (Lipinski definition) is 1. The van der Waals surface area contributed by atoms with Crippen molar-refractivity contribution in [3.63, 3.8) is 0 Å². The summed E-state index contributed by atoms with van der Waals surface area (Å²) in [6, 6.07) is 0. The van der Waals surface area contributed by atoms with Gasteiger partial charge in [-0.25, -0.2) is 0 Å². The molecule has 96 valence electrons. The summed E-state index contributed by atoms with van der Waals surface area (Å²) in [4.78, 5) is 5.65. The predicted octanol–water partition coefficient (Wildman–Crippen LogP) is 3.49. The lowest BCUT2D eigenvalue weighted by atomic mass is 9.87. The summed E-state index contributed by atoms with van der Waals surface area (Å²) >= 11 is 1.81. The summed E-state index contributed by atoms with van der Waals surface area (Å²) in [5, 5.41) is 3.61. The van der Waals surface area contributed by atoms with Crippen molar-refractivity contribution in [2.75, 3.05) is 13.1 Å².